The van der Waals surface area contributed by atoms with Crippen molar-refractivity contribution in [1.82, 2.24) is 0 Å². The smallest absolute Gasteiger partial charge is 0.153 e. The Morgan fingerprint density at radius 3 is 2.86 bits per heavy atom. The molecule has 0 saturated heterocycles. The van der Waals surface area contributed by atoms with Crippen molar-refractivity contribution in [2.45, 2.75) is 6.92 Å². The number of carbonyl (C=O) groups is 2. The van der Waals surface area contributed by atoms with E-state index in [9.17, 15) is 14.7 Å². The highest BCUT2D eigenvalue weighted by atomic mass is 16.5. The van der Waals surface area contributed by atoms with Crippen LogP contribution in [0.4, 0.5) is 0 Å². The van der Waals surface area contributed by atoms with E-state index in [0.29, 0.717) is 11.8 Å². The minimum absolute atomic E-state index is 0.268. The van der Waals surface area contributed by atoms with Crippen LogP contribution in [0.2, 0.25) is 0 Å². The predicted octanol–water partition coefficient (Wildman–Crippen LogP) is -0.0638. The van der Waals surface area contributed by atoms with E-state index in [1.807, 2.05) is 6.92 Å². The number of aliphatic carboxylic acids is 1. The van der Waals surface area contributed by atoms with Crippen LogP contribution < -0.4 is 9.84 Å². The highest BCUT2D eigenvalue weighted by Crippen LogP contribution is 2.18. The second-order valence-corrected chi connectivity index (χ2v) is 2.82. The van der Waals surface area contributed by atoms with Gasteiger partial charge in [0.25, 0.3) is 0 Å². The molecule has 0 aromatic heterocycles. The summed E-state index contributed by atoms with van der Waals surface area (Å²) in [6, 6.07) is 4.93. The van der Waals surface area contributed by atoms with Gasteiger partial charge in [0, 0.05) is 0 Å². The molecule has 1 aromatic carbocycles. The molecule has 0 fully saturated rings. The van der Waals surface area contributed by atoms with Gasteiger partial charge in [-0.2, -0.15) is 0 Å². The van der Waals surface area contributed by atoms with E-state index in [-0.39, 0.29) is 5.75 Å². The largest absolute Gasteiger partial charge is 0.546 e. The molecule has 0 radical (unpaired) electrons. The molecule has 74 valence electrons. The van der Waals surface area contributed by atoms with Crippen LogP contribution in [0.15, 0.2) is 18.2 Å². The molecule has 0 heterocycles. The molecular formula is C10H9O4-. The fourth-order valence-electron chi connectivity index (χ4n) is 1.00. The average molecular weight is 193 g/mol. The molecule has 0 bridgehead atoms. The number of rotatable bonds is 4. The maximum atomic E-state index is 10.5. The zero-order valence-electron chi connectivity index (χ0n) is 7.65. The van der Waals surface area contributed by atoms with Crippen molar-refractivity contribution in [2.24, 2.45) is 0 Å². The predicted molar refractivity (Wildman–Crippen MR) is 47.1 cm³/mol. The SMILES string of the molecule is Cc1ccc(C=O)c(OCC(=O)[O-])c1. The van der Waals surface area contributed by atoms with E-state index in [1.54, 1.807) is 18.2 Å². The second-order valence-electron chi connectivity index (χ2n) is 2.82. The Kier molecular flexibility index (Phi) is 3.23. The number of aldehydes is 1. The molecule has 0 aliphatic rings. The van der Waals surface area contributed by atoms with Crippen LogP contribution in [0, 0.1) is 6.92 Å². The Hall–Kier alpha value is -1.84. The van der Waals surface area contributed by atoms with E-state index < -0.39 is 12.6 Å². The van der Waals surface area contributed by atoms with Crippen LogP contribution >= 0.6 is 0 Å². The monoisotopic (exact) mass is 193 g/mol. The minimum Gasteiger partial charge on any atom is -0.546 e. The third-order valence-electron chi connectivity index (χ3n) is 1.64. The van der Waals surface area contributed by atoms with Crippen LogP contribution in [0.25, 0.3) is 0 Å². The molecular weight excluding hydrogens is 184 g/mol. The highest BCUT2D eigenvalue weighted by molar-refractivity contribution is 5.79. The van der Waals surface area contributed by atoms with E-state index >= 15 is 0 Å². The summed E-state index contributed by atoms with van der Waals surface area (Å²) in [4.78, 5) is 20.7. The lowest BCUT2D eigenvalue weighted by Gasteiger charge is -2.09. The minimum atomic E-state index is -1.32. The zero-order chi connectivity index (χ0) is 10.6. The van der Waals surface area contributed by atoms with Crippen molar-refractivity contribution >= 4 is 12.3 Å². The number of hydrogen-bond donors (Lipinski definition) is 0. The third kappa shape index (κ3) is 2.58. The molecule has 14 heavy (non-hydrogen) atoms. The molecule has 1 rings (SSSR count). The van der Waals surface area contributed by atoms with Crippen LogP contribution in [-0.2, 0) is 4.79 Å². The van der Waals surface area contributed by atoms with Crippen LogP contribution in [0.1, 0.15) is 15.9 Å². The first-order chi connectivity index (χ1) is 6.63. The Bertz CT molecular complexity index is 357. The van der Waals surface area contributed by atoms with Gasteiger partial charge in [0.15, 0.2) is 6.29 Å². The topological polar surface area (TPSA) is 66.4 Å². The average Bonchev–Trinajstić information content (AvgIpc) is 2.15. The van der Waals surface area contributed by atoms with Gasteiger partial charge in [-0.1, -0.05) is 6.07 Å². The number of carboxylic acids is 1. The molecule has 0 spiro atoms. The fourth-order valence-corrected chi connectivity index (χ4v) is 1.00. The Balaban J connectivity index is 2.87. The summed E-state index contributed by atoms with van der Waals surface area (Å²) in [5.41, 5.74) is 1.22. The molecule has 0 aliphatic heterocycles. The third-order valence-corrected chi connectivity index (χ3v) is 1.64. The molecule has 1 aromatic rings. The van der Waals surface area contributed by atoms with Crippen molar-refractivity contribution in [2.75, 3.05) is 6.61 Å². The van der Waals surface area contributed by atoms with Gasteiger partial charge in [0.2, 0.25) is 0 Å². The standard InChI is InChI=1S/C10H10O4/c1-7-2-3-8(5-11)9(4-7)14-6-10(12)13/h2-5H,6H2,1H3,(H,12,13)/p-1. The van der Waals surface area contributed by atoms with Gasteiger partial charge in [0.1, 0.15) is 12.4 Å². The van der Waals surface area contributed by atoms with Gasteiger partial charge in [-0.3, -0.25) is 4.79 Å². The summed E-state index contributed by atoms with van der Waals surface area (Å²) in [5.74, 6) is -1.05. The molecule has 4 nitrogen and oxygen atoms in total. The van der Waals surface area contributed by atoms with E-state index in [1.165, 1.54) is 0 Å². The molecule has 0 saturated carbocycles. The Labute approximate surface area is 81.1 Å². The highest BCUT2D eigenvalue weighted by Gasteiger charge is 2.02. The van der Waals surface area contributed by atoms with Crippen molar-refractivity contribution in [3.8, 4) is 5.75 Å². The van der Waals surface area contributed by atoms with Crippen molar-refractivity contribution < 1.29 is 19.4 Å². The number of hydrogen-bond acceptors (Lipinski definition) is 4. The molecule has 0 aliphatic carbocycles. The van der Waals surface area contributed by atoms with Crippen LogP contribution in [0.3, 0.4) is 0 Å². The lowest BCUT2D eigenvalue weighted by molar-refractivity contribution is -0.307. The summed E-state index contributed by atoms with van der Waals surface area (Å²) in [5, 5.41) is 10.1. The summed E-state index contributed by atoms with van der Waals surface area (Å²) in [6.07, 6.45) is 0.615. The Morgan fingerprint density at radius 2 is 2.29 bits per heavy atom. The van der Waals surface area contributed by atoms with Gasteiger partial charge in [0.05, 0.1) is 11.5 Å². The fraction of sp³-hybridized carbons (Fsp3) is 0.200. The molecule has 0 unspecified atom stereocenters. The maximum Gasteiger partial charge on any atom is 0.153 e. The Morgan fingerprint density at radius 1 is 1.57 bits per heavy atom. The van der Waals surface area contributed by atoms with Gasteiger partial charge in [-0.15, -0.1) is 0 Å². The molecule has 0 amide bonds. The van der Waals surface area contributed by atoms with Gasteiger partial charge >= 0.3 is 0 Å². The van der Waals surface area contributed by atoms with Crippen LogP contribution in [0.5, 0.6) is 5.75 Å². The zero-order valence-corrected chi connectivity index (χ0v) is 7.65. The summed E-state index contributed by atoms with van der Waals surface area (Å²) < 4.78 is 4.88. The number of ether oxygens (including phenoxy) is 1. The summed E-state index contributed by atoms with van der Waals surface area (Å²) >= 11 is 0. The lowest BCUT2D eigenvalue weighted by atomic mass is 10.1. The first kappa shape index (κ1) is 10.2. The molecule has 4 heteroatoms. The second kappa shape index (κ2) is 4.41. The normalized spacial score (nSPS) is 9.50. The van der Waals surface area contributed by atoms with Crippen LogP contribution in [-0.4, -0.2) is 18.9 Å². The first-order valence-corrected chi connectivity index (χ1v) is 4.02. The number of carbonyl (C=O) groups excluding carboxylic acids is 2. The lowest BCUT2D eigenvalue weighted by Crippen LogP contribution is -2.29. The number of benzene rings is 1. The van der Waals surface area contributed by atoms with E-state index in [2.05, 4.69) is 0 Å². The quantitative estimate of drug-likeness (QED) is 0.628. The number of carboxylic acid groups (broad SMARTS) is 1. The van der Waals surface area contributed by atoms with Crippen molar-refractivity contribution in [3.63, 3.8) is 0 Å². The van der Waals surface area contributed by atoms with E-state index in [4.69, 9.17) is 4.74 Å². The van der Waals surface area contributed by atoms with Gasteiger partial charge in [-0.05, 0) is 24.6 Å². The number of aryl methyl sites for hydroxylation is 1. The first-order valence-electron chi connectivity index (χ1n) is 4.02. The van der Waals surface area contributed by atoms with Crippen molar-refractivity contribution in [1.29, 1.82) is 0 Å². The molecule has 0 atom stereocenters. The molecule has 0 N–H and O–H groups in total. The van der Waals surface area contributed by atoms with Gasteiger partial charge < -0.3 is 14.6 Å². The maximum absolute atomic E-state index is 10.5. The summed E-state index contributed by atoms with van der Waals surface area (Å²) in [7, 11) is 0. The van der Waals surface area contributed by atoms with Gasteiger partial charge in [-0.25, -0.2) is 0 Å². The summed E-state index contributed by atoms with van der Waals surface area (Å²) in [6.45, 7) is 1.27. The van der Waals surface area contributed by atoms with E-state index in [0.717, 1.165) is 5.56 Å². The van der Waals surface area contributed by atoms with Crippen molar-refractivity contribution in [3.05, 3.63) is 29.3 Å².